The second-order valence-electron chi connectivity index (χ2n) is 5.87. The van der Waals surface area contributed by atoms with Crippen LogP contribution in [0.25, 0.3) is 0 Å². The lowest BCUT2D eigenvalue weighted by atomic mass is 10.1. The van der Waals surface area contributed by atoms with Crippen LogP contribution in [0.1, 0.15) is 23.2 Å². The highest BCUT2D eigenvalue weighted by atomic mass is 16.5. The summed E-state index contributed by atoms with van der Waals surface area (Å²) in [6.07, 6.45) is 8.98. The molecule has 5 nitrogen and oxygen atoms in total. The molecule has 3 atom stereocenters. The molecule has 3 heterocycles. The molecule has 4 rings (SSSR count). The molecule has 2 fully saturated rings. The van der Waals surface area contributed by atoms with Crippen molar-refractivity contribution in [3.05, 3.63) is 54.6 Å². The summed E-state index contributed by atoms with van der Waals surface area (Å²) in [6, 6.07) is 7.48. The fourth-order valence-corrected chi connectivity index (χ4v) is 3.59. The van der Waals surface area contributed by atoms with Crippen molar-refractivity contribution < 1.29 is 9.53 Å². The number of piperidine rings is 1. The fraction of sp³-hybridized carbons (Fsp3) is 0.353. The first-order chi connectivity index (χ1) is 10.8. The van der Waals surface area contributed by atoms with E-state index in [9.17, 15) is 4.79 Å². The lowest BCUT2D eigenvalue weighted by Crippen LogP contribution is -2.40. The van der Waals surface area contributed by atoms with E-state index in [1.54, 1.807) is 36.9 Å². The summed E-state index contributed by atoms with van der Waals surface area (Å²) in [7, 11) is 0. The third-order valence-corrected chi connectivity index (χ3v) is 4.60. The second kappa shape index (κ2) is 5.40. The maximum absolute atomic E-state index is 12.7. The number of pyridine rings is 2. The topological polar surface area (TPSA) is 55.3 Å². The zero-order valence-corrected chi connectivity index (χ0v) is 12.1. The second-order valence-corrected chi connectivity index (χ2v) is 5.87. The van der Waals surface area contributed by atoms with Gasteiger partial charge in [0.2, 0.25) is 0 Å². The Balaban J connectivity index is 1.52. The number of rotatable bonds is 3. The predicted octanol–water partition coefficient (Wildman–Crippen LogP) is 2.16. The van der Waals surface area contributed by atoms with Crippen LogP contribution < -0.4 is 4.74 Å². The van der Waals surface area contributed by atoms with Gasteiger partial charge in [-0.25, -0.2) is 0 Å². The number of nitrogens with zero attached hydrogens (tertiary/aromatic N) is 3. The number of fused-ring (bicyclic) bond motifs is 2. The van der Waals surface area contributed by atoms with Crippen molar-refractivity contribution in [2.75, 3.05) is 6.54 Å². The molecular weight excluding hydrogens is 278 g/mol. The summed E-state index contributed by atoms with van der Waals surface area (Å²) in [4.78, 5) is 22.7. The molecule has 1 aliphatic carbocycles. The SMILES string of the molecule is O=C(c1ccncc1)N1CC2CCC1C2Oc1cccnc1. The van der Waals surface area contributed by atoms with E-state index in [0.717, 1.165) is 25.1 Å². The normalized spacial score (nSPS) is 26.2. The Labute approximate surface area is 129 Å². The van der Waals surface area contributed by atoms with Crippen LogP contribution >= 0.6 is 0 Å². The molecule has 3 unspecified atom stereocenters. The highest BCUT2D eigenvalue weighted by Gasteiger charge is 2.50. The van der Waals surface area contributed by atoms with Crippen molar-refractivity contribution in [2.45, 2.75) is 25.0 Å². The van der Waals surface area contributed by atoms with Crippen molar-refractivity contribution in [2.24, 2.45) is 5.92 Å². The smallest absolute Gasteiger partial charge is 0.254 e. The molecule has 1 saturated heterocycles. The Morgan fingerprint density at radius 1 is 1.14 bits per heavy atom. The molecular formula is C17H17N3O2. The quantitative estimate of drug-likeness (QED) is 0.870. The van der Waals surface area contributed by atoms with E-state index in [0.29, 0.717) is 11.5 Å². The minimum Gasteiger partial charge on any atom is -0.486 e. The van der Waals surface area contributed by atoms with Crippen LogP contribution in [0.5, 0.6) is 5.75 Å². The van der Waals surface area contributed by atoms with Crippen molar-refractivity contribution in [1.29, 1.82) is 0 Å². The van der Waals surface area contributed by atoms with E-state index in [-0.39, 0.29) is 18.1 Å². The van der Waals surface area contributed by atoms with Crippen LogP contribution in [0, 0.1) is 5.92 Å². The lowest BCUT2D eigenvalue weighted by molar-refractivity contribution is 0.0666. The molecule has 2 bridgehead atoms. The van der Waals surface area contributed by atoms with Crippen molar-refractivity contribution >= 4 is 5.91 Å². The van der Waals surface area contributed by atoms with E-state index in [1.165, 1.54) is 0 Å². The van der Waals surface area contributed by atoms with Gasteiger partial charge in [-0.05, 0) is 37.1 Å². The first kappa shape index (κ1) is 13.2. The van der Waals surface area contributed by atoms with Gasteiger partial charge in [0.25, 0.3) is 5.91 Å². The van der Waals surface area contributed by atoms with Crippen LogP contribution in [0.2, 0.25) is 0 Å². The summed E-state index contributed by atoms with van der Waals surface area (Å²) in [5, 5.41) is 0. The minimum absolute atomic E-state index is 0.0781. The van der Waals surface area contributed by atoms with Gasteiger partial charge in [-0.15, -0.1) is 0 Å². The van der Waals surface area contributed by atoms with E-state index < -0.39 is 0 Å². The number of likely N-dealkylation sites (tertiary alicyclic amines) is 1. The third-order valence-electron chi connectivity index (χ3n) is 4.60. The molecule has 0 spiro atoms. The van der Waals surface area contributed by atoms with Gasteiger partial charge in [0.05, 0.1) is 12.2 Å². The van der Waals surface area contributed by atoms with Gasteiger partial charge in [-0.1, -0.05) is 0 Å². The Bertz CT molecular complexity index is 662. The average Bonchev–Trinajstić information content (AvgIpc) is 3.13. The van der Waals surface area contributed by atoms with Gasteiger partial charge in [0.1, 0.15) is 11.9 Å². The van der Waals surface area contributed by atoms with Crippen LogP contribution in [-0.2, 0) is 0 Å². The average molecular weight is 295 g/mol. The number of ether oxygens (including phenoxy) is 1. The molecule has 0 aromatic carbocycles. The van der Waals surface area contributed by atoms with Gasteiger partial charge in [-0.3, -0.25) is 14.8 Å². The minimum atomic E-state index is 0.0781. The maximum Gasteiger partial charge on any atom is 0.254 e. The molecule has 112 valence electrons. The summed E-state index contributed by atoms with van der Waals surface area (Å²) in [5.41, 5.74) is 0.697. The summed E-state index contributed by atoms with van der Waals surface area (Å²) >= 11 is 0. The van der Waals surface area contributed by atoms with Gasteiger partial charge in [0, 0.05) is 36.6 Å². The Hall–Kier alpha value is -2.43. The van der Waals surface area contributed by atoms with E-state index >= 15 is 0 Å². The summed E-state index contributed by atoms with van der Waals surface area (Å²) in [6.45, 7) is 0.775. The molecule has 0 radical (unpaired) electrons. The largest absolute Gasteiger partial charge is 0.486 e. The number of hydrogen-bond acceptors (Lipinski definition) is 4. The zero-order valence-electron chi connectivity index (χ0n) is 12.1. The number of aromatic nitrogens is 2. The number of carbonyl (C=O) groups is 1. The Morgan fingerprint density at radius 2 is 2.00 bits per heavy atom. The highest BCUT2D eigenvalue weighted by molar-refractivity contribution is 5.94. The third kappa shape index (κ3) is 2.22. The first-order valence-electron chi connectivity index (χ1n) is 7.60. The molecule has 1 saturated carbocycles. The van der Waals surface area contributed by atoms with Crippen molar-refractivity contribution in [1.82, 2.24) is 14.9 Å². The van der Waals surface area contributed by atoms with Gasteiger partial charge in [0.15, 0.2) is 0 Å². The maximum atomic E-state index is 12.7. The molecule has 0 N–H and O–H groups in total. The van der Waals surface area contributed by atoms with Crippen LogP contribution in [-0.4, -0.2) is 39.5 Å². The molecule has 5 heteroatoms. The first-order valence-corrected chi connectivity index (χ1v) is 7.60. The van der Waals surface area contributed by atoms with Crippen LogP contribution in [0.15, 0.2) is 49.1 Å². The van der Waals surface area contributed by atoms with Crippen LogP contribution in [0.3, 0.4) is 0 Å². The van der Waals surface area contributed by atoms with Gasteiger partial charge < -0.3 is 9.64 Å². The molecule has 2 aromatic heterocycles. The number of carbonyl (C=O) groups excluding carboxylic acids is 1. The Kier molecular flexibility index (Phi) is 3.25. The van der Waals surface area contributed by atoms with Crippen LogP contribution in [0.4, 0.5) is 0 Å². The van der Waals surface area contributed by atoms with Crippen molar-refractivity contribution in [3.8, 4) is 5.75 Å². The predicted molar refractivity (Wildman–Crippen MR) is 80.4 cm³/mol. The van der Waals surface area contributed by atoms with Gasteiger partial charge >= 0.3 is 0 Å². The molecule has 2 aromatic rings. The zero-order chi connectivity index (χ0) is 14.9. The monoisotopic (exact) mass is 295 g/mol. The summed E-state index contributed by atoms with van der Waals surface area (Å²) in [5.74, 6) is 1.27. The molecule has 1 aliphatic heterocycles. The number of amides is 1. The molecule has 2 aliphatic rings. The van der Waals surface area contributed by atoms with E-state index in [4.69, 9.17) is 4.74 Å². The van der Waals surface area contributed by atoms with Crippen molar-refractivity contribution in [3.63, 3.8) is 0 Å². The summed E-state index contributed by atoms with van der Waals surface area (Å²) < 4.78 is 6.11. The lowest BCUT2D eigenvalue weighted by Gasteiger charge is -2.27. The fourth-order valence-electron chi connectivity index (χ4n) is 3.59. The van der Waals surface area contributed by atoms with E-state index in [2.05, 4.69) is 9.97 Å². The Morgan fingerprint density at radius 3 is 2.77 bits per heavy atom. The number of hydrogen-bond donors (Lipinski definition) is 0. The molecule has 1 amide bonds. The van der Waals surface area contributed by atoms with E-state index in [1.807, 2.05) is 17.0 Å². The highest BCUT2D eigenvalue weighted by Crippen LogP contribution is 2.40. The molecule has 22 heavy (non-hydrogen) atoms. The van der Waals surface area contributed by atoms with Gasteiger partial charge in [-0.2, -0.15) is 0 Å². The standard InChI is InChI=1S/C17H17N3O2/c21-17(12-5-8-18-9-6-12)20-11-13-3-4-15(20)16(13)22-14-2-1-7-19-10-14/h1-2,5-10,13,15-16H,3-4,11H2.